The van der Waals surface area contributed by atoms with Crippen LogP contribution in [0.15, 0.2) is 12.7 Å². The molecule has 0 aromatic rings. The predicted octanol–water partition coefficient (Wildman–Crippen LogP) is 2.72. The lowest BCUT2D eigenvalue weighted by Crippen LogP contribution is -1.83. The number of allylic oxidation sites excluding steroid dienone is 1. The van der Waals surface area contributed by atoms with E-state index >= 15 is 0 Å². The lowest BCUT2D eigenvalue weighted by molar-refractivity contribution is 1.11. The molecule has 0 aliphatic carbocycles. The first kappa shape index (κ1) is 7.91. The number of hydrogen-bond acceptors (Lipinski definition) is 0. The van der Waals surface area contributed by atoms with E-state index in [9.17, 15) is 0 Å². The molecular formula is C7H13P. The molecule has 0 aromatic heterocycles. The highest BCUT2D eigenvalue weighted by Gasteiger charge is 1.82. The third kappa shape index (κ3) is 4.08. The summed E-state index contributed by atoms with van der Waals surface area (Å²) < 4.78 is 0. The Kier molecular flexibility index (Phi) is 5.00. The molecule has 0 aliphatic rings. The second-order valence-electron chi connectivity index (χ2n) is 1.79. The Bertz CT molecular complexity index is 92.6. The zero-order valence-corrected chi connectivity index (χ0v) is 6.54. The molecule has 8 heavy (non-hydrogen) atoms. The van der Waals surface area contributed by atoms with Gasteiger partial charge in [0.1, 0.15) is 0 Å². The van der Waals surface area contributed by atoms with Crippen LogP contribution in [0.5, 0.6) is 0 Å². The number of rotatable bonds is 3. The average molecular weight is 128 g/mol. The minimum absolute atomic E-state index is 1.13. The first-order valence-corrected chi connectivity index (χ1v) is 4.18. The minimum atomic E-state index is 1.13. The normalized spacial score (nSPS) is 11.5. The van der Waals surface area contributed by atoms with Gasteiger partial charge in [-0.25, -0.2) is 0 Å². The van der Waals surface area contributed by atoms with Crippen LogP contribution >= 0.6 is 8.20 Å². The summed E-state index contributed by atoms with van der Waals surface area (Å²) in [6, 6.07) is 0. The van der Waals surface area contributed by atoms with Gasteiger partial charge in [0, 0.05) is 0 Å². The largest absolute Gasteiger partial charge is 0.109 e. The fourth-order valence-corrected chi connectivity index (χ4v) is 0.775. The molecule has 0 unspecified atom stereocenters. The standard InChI is InChI=1S/C7H13P/c1-4-5-6-7(2)8-3/h4H,1,5-6H2,2-3H3. The van der Waals surface area contributed by atoms with E-state index in [0.717, 1.165) is 6.42 Å². The molecule has 46 valence electrons. The summed E-state index contributed by atoms with van der Waals surface area (Å²) >= 11 is 0. The topological polar surface area (TPSA) is 0 Å². The lowest BCUT2D eigenvalue weighted by Gasteiger charge is -1.91. The van der Waals surface area contributed by atoms with Crippen molar-refractivity contribution in [2.45, 2.75) is 19.8 Å². The molecule has 0 aromatic carbocycles. The molecule has 1 heteroatoms. The van der Waals surface area contributed by atoms with Crippen molar-refractivity contribution >= 4 is 13.5 Å². The highest BCUT2D eigenvalue weighted by atomic mass is 31.1. The van der Waals surface area contributed by atoms with Crippen molar-refractivity contribution in [2.75, 3.05) is 6.66 Å². The van der Waals surface area contributed by atoms with Gasteiger partial charge in [-0.15, -0.1) is 14.8 Å². The molecule has 0 rings (SSSR count). The molecule has 0 N–H and O–H groups in total. The van der Waals surface area contributed by atoms with E-state index in [2.05, 4.69) is 20.2 Å². The van der Waals surface area contributed by atoms with Crippen LogP contribution in [0.2, 0.25) is 0 Å². The van der Waals surface area contributed by atoms with E-state index in [1.165, 1.54) is 14.6 Å². The molecule has 0 radical (unpaired) electrons. The van der Waals surface area contributed by atoms with E-state index < -0.39 is 0 Å². The molecule has 0 aliphatic heterocycles. The summed E-state index contributed by atoms with van der Waals surface area (Å²) in [6.45, 7) is 8.00. The first-order chi connectivity index (χ1) is 3.81. The van der Waals surface area contributed by atoms with Crippen LogP contribution in [0.1, 0.15) is 19.8 Å². The van der Waals surface area contributed by atoms with Gasteiger partial charge in [-0.2, -0.15) is 0 Å². The van der Waals surface area contributed by atoms with Crippen LogP contribution in [0, 0.1) is 0 Å². The Morgan fingerprint density at radius 2 is 2.38 bits per heavy atom. The van der Waals surface area contributed by atoms with E-state index in [-0.39, 0.29) is 0 Å². The van der Waals surface area contributed by atoms with Crippen molar-refractivity contribution in [3.8, 4) is 0 Å². The zero-order valence-electron chi connectivity index (χ0n) is 5.65. The summed E-state index contributed by atoms with van der Waals surface area (Å²) in [5.74, 6) is 0. The minimum Gasteiger partial charge on any atom is -0.109 e. The molecular weight excluding hydrogens is 115 g/mol. The predicted molar refractivity (Wildman–Crippen MR) is 43.0 cm³/mol. The van der Waals surface area contributed by atoms with Gasteiger partial charge in [0.15, 0.2) is 0 Å². The molecule has 0 atom stereocenters. The van der Waals surface area contributed by atoms with E-state index in [0.29, 0.717) is 0 Å². The fraction of sp³-hybridized carbons (Fsp3) is 0.571. The van der Waals surface area contributed by atoms with Gasteiger partial charge in [0.05, 0.1) is 0 Å². The third-order valence-corrected chi connectivity index (χ3v) is 2.08. The summed E-state index contributed by atoms with van der Waals surface area (Å²) in [7, 11) is 1.42. The van der Waals surface area contributed by atoms with Gasteiger partial charge in [0.2, 0.25) is 0 Å². The van der Waals surface area contributed by atoms with E-state index in [1.807, 2.05) is 6.08 Å². The smallest absolute Gasteiger partial charge is 0.0224 e. The van der Waals surface area contributed by atoms with Crippen molar-refractivity contribution in [1.82, 2.24) is 0 Å². The van der Waals surface area contributed by atoms with Gasteiger partial charge in [0.25, 0.3) is 0 Å². The Morgan fingerprint density at radius 3 is 2.75 bits per heavy atom. The third-order valence-electron chi connectivity index (χ3n) is 1.09. The maximum atomic E-state index is 3.65. The summed E-state index contributed by atoms with van der Waals surface area (Å²) in [4.78, 5) is 0. The molecule has 0 amide bonds. The monoisotopic (exact) mass is 128 g/mol. The Morgan fingerprint density at radius 1 is 1.75 bits per heavy atom. The van der Waals surface area contributed by atoms with Gasteiger partial charge in [-0.3, -0.25) is 0 Å². The van der Waals surface area contributed by atoms with Crippen LogP contribution < -0.4 is 0 Å². The van der Waals surface area contributed by atoms with E-state index in [4.69, 9.17) is 0 Å². The lowest BCUT2D eigenvalue weighted by atomic mass is 10.2. The molecule has 0 saturated heterocycles. The number of hydrogen-bond donors (Lipinski definition) is 0. The fourth-order valence-electron chi connectivity index (χ4n) is 0.423. The second kappa shape index (κ2) is 5.05. The Hall–Kier alpha value is -0.0900. The Labute approximate surface area is 53.4 Å². The first-order valence-electron chi connectivity index (χ1n) is 2.84. The maximum Gasteiger partial charge on any atom is -0.0224 e. The molecule has 0 bridgehead atoms. The van der Waals surface area contributed by atoms with Crippen molar-refractivity contribution < 1.29 is 0 Å². The van der Waals surface area contributed by atoms with Crippen LogP contribution in [0.3, 0.4) is 0 Å². The van der Waals surface area contributed by atoms with Crippen molar-refractivity contribution in [2.24, 2.45) is 0 Å². The van der Waals surface area contributed by atoms with E-state index in [1.54, 1.807) is 5.29 Å². The Balaban J connectivity index is 3.24. The van der Waals surface area contributed by atoms with Crippen LogP contribution in [-0.4, -0.2) is 12.0 Å². The van der Waals surface area contributed by atoms with Crippen LogP contribution in [-0.2, 0) is 0 Å². The summed E-state index contributed by atoms with van der Waals surface area (Å²) in [6.07, 6.45) is 4.31. The second-order valence-corrected chi connectivity index (χ2v) is 3.00. The molecule has 0 fully saturated rings. The van der Waals surface area contributed by atoms with Gasteiger partial charge >= 0.3 is 0 Å². The maximum absolute atomic E-state index is 3.65. The quantitative estimate of drug-likeness (QED) is 0.405. The molecule has 0 saturated carbocycles. The zero-order chi connectivity index (χ0) is 6.41. The average Bonchev–Trinajstić information content (AvgIpc) is 1.83. The van der Waals surface area contributed by atoms with Crippen LogP contribution in [0.25, 0.3) is 0 Å². The summed E-state index contributed by atoms with van der Waals surface area (Å²) in [5.41, 5.74) is 0. The summed E-state index contributed by atoms with van der Waals surface area (Å²) in [5, 5.41) is 1.55. The van der Waals surface area contributed by atoms with Crippen LogP contribution in [0.4, 0.5) is 0 Å². The highest BCUT2D eigenvalue weighted by molar-refractivity contribution is 7.39. The van der Waals surface area contributed by atoms with Gasteiger partial charge < -0.3 is 0 Å². The molecule has 0 spiro atoms. The van der Waals surface area contributed by atoms with Crippen molar-refractivity contribution in [1.29, 1.82) is 0 Å². The SMILES string of the molecule is C=CCCC(C)=PC. The molecule has 0 heterocycles. The van der Waals surface area contributed by atoms with Gasteiger partial charge in [-0.05, 0) is 26.4 Å². The van der Waals surface area contributed by atoms with Crippen molar-refractivity contribution in [3.05, 3.63) is 12.7 Å². The molecule has 0 nitrogen and oxygen atoms in total. The van der Waals surface area contributed by atoms with Gasteiger partial charge in [-0.1, -0.05) is 11.4 Å². The highest BCUT2D eigenvalue weighted by Crippen LogP contribution is 1.99. The van der Waals surface area contributed by atoms with Crippen molar-refractivity contribution in [3.63, 3.8) is 0 Å².